The first-order valence-electron chi connectivity index (χ1n) is 3.84. The SMILES string of the molecule is NCCNCCNCC(N)(Cl)Cl. The van der Waals surface area contributed by atoms with Crippen LogP contribution >= 0.6 is 23.2 Å². The molecule has 0 atom stereocenters. The topological polar surface area (TPSA) is 76.1 Å². The van der Waals surface area contributed by atoms with Crippen LogP contribution in [-0.4, -0.2) is 37.2 Å². The van der Waals surface area contributed by atoms with Gasteiger partial charge < -0.3 is 16.4 Å². The summed E-state index contributed by atoms with van der Waals surface area (Å²) in [5.41, 5.74) is 10.6. The van der Waals surface area contributed by atoms with Crippen LogP contribution in [0.5, 0.6) is 0 Å². The van der Waals surface area contributed by atoms with E-state index in [-0.39, 0.29) is 0 Å². The van der Waals surface area contributed by atoms with E-state index in [9.17, 15) is 0 Å². The van der Waals surface area contributed by atoms with Crippen LogP contribution in [0.2, 0.25) is 0 Å². The molecule has 0 aliphatic heterocycles. The summed E-state index contributed by atoms with van der Waals surface area (Å²) < 4.78 is -1.17. The molecule has 0 aromatic heterocycles. The number of alkyl halides is 2. The van der Waals surface area contributed by atoms with Crippen molar-refractivity contribution in [2.75, 3.05) is 32.7 Å². The number of halogens is 2. The molecular formula is C6H16Cl2N4. The van der Waals surface area contributed by atoms with Gasteiger partial charge in [-0.05, 0) is 0 Å². The minimum Gasteiger partial charge on any atom is -0.329 e. The van der Waals surface area contributed by atoms with Gasteiger partial charge in [0.2, 0.25) is 0 Å². The molecule has 4 nitrogen and oxygen atoms in total. The van der Waals surface area contributed by atoms with Gasteiger partial charge in [0.15, 0.2) is 4.46 Å². The highest BCUT2D eigenvalue weighted by atomic mass is 35.5. The molecule has 0 aromatic rings. The molecule has 0 amide bonds. The zero-order valence-corrected chi connectivity index (χ0v) is 8.46. The second kappa shape index (κ2) is 6.88. The standard InChI is InChI=1S/C6H16Cl2N4/c7-6(8,10)5-12-4-3-11-2-1-9/h11-12H,1-5,9-10H2. The van der Waals surface area contributed by atoms with Crippen LogP contribution in [-0.2, 0) is 0 Å². The molecule has 0 spiro atoms. The van der Waals surface area contributed by atoms with Crippen molar-refractivity contribution >= 4 is 23.2 Å². The lowest BCUT2D eigenvalue weighted by Crippen LogP contribution is -2.41. The fourth-order valence-corrected chi connectivity index (χ4v) is 0.848. The molecule has 0 saturated carbocycles. The average molecular weight is 215 g/mol. The van der Waals surface area contributed by atoms with Crippen molar-refractivity contribution in [3.63, 3.8) is 0 Å². The maximum Gasteiger partial charge on any atom is 0.178 e. The Bertz CT molecular complexity index is 104. The molecule has 0 saturated heterocycles. The van der Waals surface area contributed by atoms with E-state index in [0.29, 0.717) is 13.1 Å². The second-order valence-electron chi connectivity index (χ2n) is 2.48. The Balaban J connectivity index is 3.01. The summed E-state index contributed by atoms with van der Waals surface area (Å²) in [5.74, 6) is 0. The minimum absolute atomic E-state index is 0.375. The Morgan fingerprint density at radius 2 is 1.67 bits per heavy atom. The number of hydrogen-bond donors (Lipinski definition) is 4. The molecule has 0 aromatic carbocycles. The van der Waals surface area contributed by atoms with Crippen LogP contribution in [0.4, 0.5) is 0 Å². The van der Waals surface area contributed by atoms with Crippen LogP contribution in [0.15, 0.2) is 0 Å². The van der Waals surface area contributed by atoms with Gasteiger partial charge in [-0.1, -0.05) is 23.2 Å². The van der Waals surface area contributed by atoms with E-state index in [1.807, 2.05) is 0 Å². The molecule has 0 radical (unpaired) electrons. The summed E-state index contributed by atoms with van der Waals surface area (Å²) in [6.07, 6.45) is 0. The summed E-state index contributed by atoms with van der Waals surface area (Å²) in [6, 6.07) is 0. The first-order valence-corrected chi connectivity index (χ1v) is 4.60. The van der Waals surface area contributed by atoms with E-state index >= 15 is 0 Å². The monoisotopic (exact) mass is 214 g/mol. The summed E-state index contributed by atoms with van der Waals surface area (Å²) in [6.45, 7) is 3.45. The lowest BCUT2D eigenvalue weighted by atomic mass is 10.5. The Labute approximate surface area is 82.9 Å². The van der Waals surface area contributed by atoms with Gasteiger partial charge >= 0.3 is 0 Å². The third kappa shape index (κ3) is 10.4. The third-order valence-corrected chi connectivity index (χ3v) is 1.43. The maximum atomic E-state index is 5.51. The van der Waals surface area contributed by atoms with Gasteiger partial charge in [-0.2, -0.15) is 0 Å². The van der Waals surface area contributed by atoms with Gasteiger partial charge in [0.05, 0.1) is 0 Å². The predicted molar refractivity (Wildman–Crippen MR) is 53.4 cm³/mol. The lowest BCUT2D eigenvalue weighted by Gasteiger charge is -2.13. The van der Waals surface area contributed by atoms with Gasteiger partial charge in [0, 0.05) is 32.7 Å². The van der Waals surface area contributed by atoms with Crippen LogP contribution < -0.4 is 22.1 Å². The molecule has 6 heteroatoms. The molecule has 0 unspecified atom stereocenters. The Kier molecular flexibility index (Phi) is 7.13. The Morgan fingerprint density at radius 1 is 1.08 bits per heavy atom. The van der Waals surface area contributed by atoms with Crippen molar-refractivity contribution in [2.24, 2.45) is 11.5 Å². The highest BCUT2D eigenvalue weighted by molar-refractivity contribution is 6.48. The van der Waals surface area contributed by atoms with E-state index in [2.05, 4.69) is 10.6 Å². The smallest absolute Gasteiger partial charge is 0.178 e. The molecule has 0 bridgehead atoms. The van der Waals surface area contributed by atoms with Gasteiger partial charge in [-0.25, -0.2) is 0 Å². The van der Waals surface area contributed by atoms with E-state index < -0.39 is 4.46 Å². The fourth-order valence-electron chi connectivity index (χ4n) is 0.659. The maximum absolute atomic E-state index is 5.51. The third-order valence-electron chi connectivity index (χ3n) is 1.16. The summed E-state index contributed by atoms with van der Waals surface area (Å²) in [4.78, 5) is 0. The number of nitrogens with one attached hydrogen (secondary N) is 2. The lowest BCUT2D eigenvalue weighted by molar-refractivity contribution is 0.593. The van der Waals surface area contributed by atoms with Crippen molar-refractivity contribution in [3.05, 3.63) is 0 Å². The molecule has 0 aliphatic rings. The number of hydrogen-bond acceptors (Lipinski definition) is 4. The van der Waals surface area contributed by atoms with Crippen molar-refractivity contribution in [1.82, 2.24) is 10.6 Å². The molecule has 0 fully saturated rings. The highest BCUT2D eigenvalue weighted by Gasteiger charge is 2.14. The van der Waals surface area contributed by atoms with Crippen LogP contribution in [0, 0.1) is 0 Å². The Morgan fingerprint density at radius 3 is 2.17 bits per heavy atom. The number of nitrogens with two attached hydrogens (primary N) is 2. The molecular weight excluding hydrogens is 199 g/mol. The van der Waals surface area contributed by atoms with Crippen molar-refractivity contribution in [1.29, 1.82) is 0 Å². The highest BCUT2D eigenvalue weighted by Crippen LogP contribution is 2.09. The minimum atomic E-state index is -1.17. The molecule has 12 heavy (non-hydrogen) atoms. The predicted octanol–water partition coefficient (Wildman–Crippen LogP) is -0.786. The largest absolute Gasteiger partial charge is 0.329 e. The first kappa shape index (κ1) is 12.4. The van der Waals surface area contributed by atoms with Gasteiger partial charge in [-0.15, -0.1) is 0 Å². The van der Waals surface area contributed by atoms with Crippen molar-refractivity contribution < 1.29 is 0 Å². The Hall–Kier alpha value is 0.420. The van der Waals surface area contributed by atoms with Crippen LogP contribution in [0.3, 0.4) is 0 Å². The summed E-state index contributed by atoms with van der Waals surface area (Å²) in [5, 5.41) is 6.10. The summed E-state index contributed by atoms with van der Waals surface area (Å²) >= 11 is 11.0. The van der Waals surface area contributed by atoms with E-state index in [1.54, 1.807) is 0 Å². The zero-order chi connectivity index (χ0) is 9.45. The van der Waals surface area contributed by atoms with Gasteiger partial charge in [0.25, 0.3) is 0 Å². The van der Waals surface area contributed by atoms with Crippen molar-refractivity contribution in [3.8, 4) is 0 Å². The normalized spacial score (nSPS) is 12.0. The van der Waals surface area contributed by atoms with E-state index in [0.717, 1.165) is 19.6 Å². The second-order valence-corrected chi connectivity index (χ2v) is 4.02. The molecule has 0 rings (SSSR count). The quantitative estimate of drug-likeness (QED) is 0.255. The van der Waals surface area contributed by atoms with Crippen LogP contribution in [0.25, 0.3) is 0 Å². The summed E-state index contributed by atoms with van der Waals surface area (Å²) in [7, 11) is 0. The molecule has 6 N–H and O–H groups in total. The zero-order valence-electron chi connectivity index (χ0n) is 6.95. The van der Waals surface area contributed by atoms with Gasteiger partial charge in [-0.3, -0.25) is 5.73 Å². The first-order chi connectivity index (χ1) is 5.56. The molecule has 74 valence electrons. The number of rotatable bonds is 7. The van der Waals surface area contributed by atoms with E-state index in [1.165, 1.54) is 0 Å². The van der Waals surface area contributed by atoms with Crippen molar-refractivity contribution in [2.45, 2.75) is 4.46 Å². The van der Waals surface area contributed by atoms with E-state index in [4.69, 9.17) is 34.7 Å². The average Bonchev–Trinajstić information content (AvgIpc) is 1.94. The van der Waals surface area contributed by atoms with Crippen LogP contribution in [0.1, 0.15) is 0 Å². The van der Waals surface area contributed by atoms with Gasteiger partial charge in [0.1, 0.15) is 0 Å². The molecule has 0 heterocycles. The molecule has 0 aliphatic carbocycles. The fraction of sp³-hybridized carbons (Fsp3) is 1.00.